The Morgan fingerprint density at radius 2 is 2.00 bits per heavy atom. The van der Waals surface area contributed by atoms with E-state index in [0.29, 0.717) is 5.92 Å². The van der Waals surface area contributed by atoms with Gasteiger partial charge in [-0.2, -0.15) is 0 Å². The molecule has 1 fully saturated rings. The minimum absolute atomic E-state index is 0.0736. The number of hydrogen-bond acceptors (Lipinski definition) is 2. The zero-order chi connectivity index (χ0) is 10.6. The van der Waals surface area contributed by atoms with Crippen LogP contribution in [0.25, 0.3) is 0 Å². The van der Waals surface area contributed by atoms with Gasteiger partial charge in [-0.15, -0.1) is 0 Å². The molecule has 0 bridgehead atoms. The highest BCUT2D eigenvalue weighted by Crippen LogP contribution is 2.31. The van der Waals surface area contributed by atoms with E-state index in [1.54, 1.807) is 0 Å². The molecular weight excluding hydrogens is 178 g/mol. The van der Waals surface area contributed by atoms with Crippen molar-refractivity contribution in [2.45, 2.75) is 33.1 Å². The maximum absolute atomic E-state index is 10.8. The molecule has 1 aliphatic carbocycles. The highest BCUT2D eigenvalue weighted by atomic mass is 16.4. The summed E-state index contributed by atoms with van der Waals surface area (Å²) in [4.78, 5) is 13.1. The lowest BCUT2D eigenvalue weighted by Crippen LogP contribution is -2.28. The second kappa shape index (κ2) is 5.35. The van der Waals surface area contributed by atoms with Crippen molar-refractivity contribution < 1.29 is 9.90 Å². The molecule has 1 N–H and O–H groups in total. The number of aliphatic carboxylic acids is 1. The van der Waals surface area contributed by atoms with E-state index < -0.39 is 5.97 Å². The molecule has 0 heterocycles. The molecule has 1 aliphatic rings. The molecule has 2 atom stereocenters. The quantitative estimate of drug-likeness (QED) is 0.734. The predicted octanol–water partition coefficient (Wildman–Crippen LogP) is 1.83. The van der Waals surface area contributed by atoms with Crippen molar-refractivity contribution in [2.75, 3.05) is 19.6 Å². The van der Waals surface area contributed by atoms with Crippen LogP contribution in [0, 0.1) is 11.8 Å². The summed E-state index contributed by atoms with van der Waals surface area (Å²) >= 11 is 0. The van der Waals surface area contributed by atoms with Gasteiger partial charge in [0, 0.05) is 6.54 Å². The van der Waals surface area contributed by atoms with Gasteiger partial charge in [0.1, 0.15) is 0 Å². The third-order valence-electron chi connectivity index (χ3n) is 3.30. The van der Waals surface area contributed by atoms with Crippen LogP contribution in [0.3, 0.4) is 0 Å². The zero-order valence-corrected chi connectivity index (χ0v) is 9.20. The van der Waals surface area contributed by atoms with E-state index in [0.717, 1.165) is 38.9 Å². The highest BCUT2D eigenvalue weighted by Gasteiger charge is 2.30. The molecule has 0 amide bonds. The van der Waals surface area contributed by atoms with Crippen LogP contribution in [-0.2, 0) is 4.79 Å². The smallest absolute Gasteiger partial charge is 0.306 e. The lowest BCUT2D eigenvalue weighted by molar-refractivity contribution is -0.141. The first-order valence-electron chi connectivity index (χ1n) is 5.62. The number of rotatable bonds is 5. The number of hydrogen-bond donors (Lipinski definition) is 1. The highest BCUT2D eigenvalue weighted by molar-refractivity contribution is 5.70. The van der Waals surface area contributed by atoms with E-state index in [2.05, 4.69) is 18.7 Å². The number of carboxylic acids is 1. The van der Waals surface area contributed by atoms with Crippen molar-refractivity contribution in [3.63, 3.8) is 0 Å². The van der Waals surface area contributed by atoms with Crippen LogP contribution in [0.15, 0.2) is 0 Å². The zero-order valence-electron chi connectivity index (χ0n) is 9.20. The Kier molecular flexibility index (Phi) is 4.39. The van der Waals surface area contributed by atoms with Gasteiger partial charge >= 0.3 is 5.97 Å². The van der Waals surface area contributed by atoms with Gasteiger partial charge in [-0.05, 0) is 38.3 Å². The molecule has 0 saturated heterocycles. The molecule has 0 aromatic carbocycles. The molecule has 82 valence electrons. The summed E-state index contributed by atoms with van der Waals surface area (Å²) in [6.45, 7) is 7.55. The largest absolute Gasteiger partial charge is 0.481 e. The Bertz CT molecular complexity index is 190. The van der Waals surface area contributed by atoms with Gasteiger partial charge in [0.05, 0.1) is 5.92 Å². The molecule has 3 heteroatoms. The average molecular weight is 199 g/mol. The topological polar surface area (TPSA) is 40.5 Å². The Labute approximate surface area is 86.1 Å². The summed E-state index contributed by atoms with van der Waals surface area (Å²) in [6, 6.07) is 0. The van der Waals surface area contributed by atoms with E-state index in [9.17, 15) is 4.79 Å². The first-order valence-corrected chi connectivity index (χ1v) is 5.62. The van der Waals surface area contributed by atoms with E-state index in [1.165, 1.54) is 0 Å². The molecular formula is C11H21NO2. The summed E-state index contributed by atoms with van der Waals surface area (Å²) in [6.07, 6.45) is 2.85. The van der Waals surface area contributed by atoms with Crippen LogP contribution < -0.4 is 0 Å². The fourth-order valence-corrected chi connectivity index (χ4v) is 2.31. The maximum Gasteiger partial charge on any atom is 0.306 e. The number of carboxylic acid groups (broad SMARTS) is 1. The molecule has 0 aliphatic heterocycles. The summed E-state index contributed by atoms with van der Waals surface area (Å²) in [5, 5.41) is 8.87. The molecule has 0 aromatic rings. The van der Waals surface area contributed by atoms with Gasteiger partial charge in [0.2, 0.25) is 0 Å². The first kappa shape index (κ1) is 11.5. The Morgan fingerprint density at radius 1 is 1.36 bits per heavy atom. The summed E-state index contributed by atoms with van der Waals surface area (Å²) < 4.78 is 0. The third-order valence-corrected chi connectivity index (χ3v) is 3.30. The maximum atomic E-state index is 10.8. The average Bonchev–Trinajstić information content (AvgIpc) is 2.62. The Morgan fingerprint density at radius 3 is 2.43 bits per heavy atom. The second-order valence-electron chi connectivity index (χ2n) is 4.20. The molecule has 1 rings (SSSR count). The minimum atomic E-state index is -0.605. The Hall–Kier alpha value is -0.570. The van der Waals surface area contributed by atoms with Gasteiger partial charge in [-0.3, -0.25) is 4.79 Å². The fraction of sp³-hybridized carbons (Fsp3) is 0.909. The SMILES string of the molecule is CCN(CC)CC1CCC(C(=O)O)C1. The van der Waals surface area contributed by atoms with Crippen LogP contribution in [0.2, 0.25) is 0 Å². The fourth-order valence-electron chi connectivity index (χ4n) is 2.31. The Balaban J connectivity index is 2.31. The van der Waals surface area contributed by atoms with Crippen LogP contribution in [-0.4, -0.2) is 35.6 Å². The summed E-state index contributed by atoms with van der Waals surface area (Å²) in [5.74, 6) is -0.0707. The van der Waals surface area contributed by atoms with Gasteiger partial charge < -0.3 is 10.0 Å². The van der Waals surface area contributed by atoms with E-state index in [-0.39, 0.29) is 5.92 Å². The monoisotopic (exact) mass is 199 g/mol. The first-order chi connectivity index (χ1) is 6.67. The predicted molar refractivity (Wildman–Crippen MR) is 56.3 cm³/mol. The van der Waals surface area contributed by atoms with E-state index >= 15 is 0 Å². The van der Waals surface area contributed by atoms with Crippen molar-refractivity contribution in [3.05, 3.63) is 0 Å². The molecule has 2 unspecified atom stereocenters. The lowest BCUT2D eigenvalue weighted by atomic mass is 10.0. The minimum Gasteiger partial charge on any atom is -0.481 e. The van der Waals surface area contributed by atoms with Crippen molar-refractivity contribution >= 4 is 5.97 Å². The summed E-state index contributed by atoms with van der Waals surface area (Å²) in [7, 11) is 0. The van der Waals surface area contributed by atoms with Gasteiger partial charge in [-0.25, -0.2) is 0 Å². The molecule has 14 heavy (non-hydrogen) atoms. The van der Waals surface area contributed by atoms with Crippen molar-refractivity contribution in [2.24, 2.45) is 11.8 Å². The van der Waals surface area contributed by atoms with Crippen LogP contribution in [0.4, 0.5) is 0 Å². The van der Waals surface area contributed by atoms with Gasteiger partial charge in [-0.1, -0.05) is 13.8 Å². The van der Waals surface area contributed by atoms with Gasteiger partial charge in [0.15, 0.2) is 0 Å². The van der Waals surface area contributed by atoms with Crippen LogP contribution in [0.5, 0.6) is 0 Å². The standard InChI is InChI=1S/C11H21NO2/c1-3-12(4-2)8-9-5-6-10(7-9)11(13)14/h9-10H,3-8H2,1-2H3,(H,13,14). The lowest BCUT2D eigenvalue weighted by Gasteiger charge is -2.22. The van der Waals surface area contributed by atoms with Crippen molar-refractivity contribution in [3.8, 4) is 0 Å². The van der Waals surface area contributed by atoms with E-state index in [1.807, 2.05) is 0 Å². The van der Waals surface area contributed by atoms with Gasteiger partial charge in [0.25, 0.3) is 0 Å². The molecule has 0 radical (unpaired) electrons. The molecule has 3 nitrogen and oxygen atoms in total. The summed E-state index contributed by atoms with van der Waals surface area (Å²) in [5.41, 5.74) is 0. The third kappa shape index (κ3) is 2.98. The van der Waals surface area contributed by atoms with Crippen molar-refractivity contribution in [1.29, 1.82) is 0 Å². The van der Waals surface area contributed by atoms with Crippen LogP contribution >= 0.6 is 0 Å². The normalized spacial score (nSPS) is 27.1. The van der Waals surface area contributed by atoms with Crippen LogP contribution in [0.1, 0.15) is 33.1 Å². The molecule has 1 saturated carbocycles. The molecule has 0 aromatic heterocycles. The number of nitrogens with zero attached hydrogens (tertiary/aromatic N) is 1. The van der Waals surface area contributed by atoms with E-state index in [4.69, 9.17) is 5.11 Å². The molecule has 0 spiro atoms. The second-order valence-corrected chi connectivity index (χ2v) is 4.20. The number of carbonyl (C=O) groups is 1. The van der Waals surface area contributed by atoms with Crippen molar-refractivity contribution in [1.82, 2.24) is 4.90 Å².